The Labute approximate surface area is 223 Å². The molecule has 1 amide bonds. The minimum atomic E-state index is -1.13. The third-order valence-electron chi connectivity index (χ3n) is 5.40. The Kier molecular flexibility index (Phi) is 8.89. The largest absolute Gasteiger partial charge is 0.481 e. The van der Waals surface area contributed by atoms with Crippen LogP contribution in [0.3, 0.4) is 0 Å². The van der Waals surface area contributed by atoms with E-state index in [1.807, 2.05) is 20.8 Å². The number of ether oxygens (including phenoxy) is 1. The molecular weight excluding hydrogens is 529 g/mol. The van der Waals surface area contributed by atoms with Crippen LogP contribution in [0.25, 0.3) is 5.69 Å². The highest BCUT2D eigenvalue weighted by atomic mass is 35.5. The van der Waals surface area contributed by atoms with Crippen LogP contribution in [-0.2, 0) is 4.79 Å². The van der Waals surface area contributed by atoms with E-state index in [2.05, 4.69) is 10.4 Å². The minimum absolute atomic E-state index is 0.0457. The molecule has 0 aliphatic heterocycles. The number of aromatic nitrogens is 2. The van der Waals surface area contributed by atoms with Crippen molar-refractivity contribution in [2.45, 2.75) is 39.3 Å². The Hall–Kier alpha value is -2.78. The molecular formula is C25H26Cl3N3O5. The standard InChI is InChI=1S/C25H26Cl3N3O5/c1-25(2,3)21(32)13-36-22-11-19(30-31(22)20-7-5-4-6-16(20)27)24(35)29-18(12-23(33)34)15-9-8-14(26)10-17(15)28/h4-11,18,21,32H,12-13H2,1-3H3,(H,29,35)(H,33,34)/t18-,21+/m0/s1. The lowest BCUT2D eigenvalue weighted by Gasteiger charge is -2.25. The average Bonchev–Trinajstić information content (AvgIpc) is 3.20. The fourth-order valence-electron chi connectivity index (χ4n) is 3.22. The molecule has 0 unspecified atom stereocenters. The van der Waals surface area contributed by atoms with Gasteiger partial charge in [-0.3, -0.25) is 9.59 Å². The molecule has 36 heavy (non-hydrogen) atoms. The van der Waals surface area contributed by atoms with Gasteiger partial charge < -0.3 is 20.3 Å². The molecule has 8 nitrogen and oxygen atoms in total. The van der Waals surface area contributed by atoms with Crippen LogP contribution in [0.1, 0.15) is 49.3 Å². The van der Waals surface area contributed by atoms with Crippen molar-refractivity contribution < 1.29 is 24.5 Å². The Balaban J connectivity index is 1.95. The number of carbonyl (C=O) groups is 2. The SMILES string of the molecule is CC(C)(C)[C@H](O)COc1cc(C(=O)N[C@@H](CC(=O)O)c2ccc(Cl)cc2Cl)nn1-c1ccccc1Cl. The van der Waals surface area contributed by atoms with E-state index in [9.17, 15) is 19.8 Å². The van der Waals surface area contributed by atoms with Gasteiger partial charge in [-0.2, -0.15) is 9.78 Å². The van der Waals surface area contributed by atoms with Crippen LogP contribution in [0.15, 0.2) is 48.5 Å². The molecule has 3 rings (SSSR count). The number of halogens is 3. The molecule has 0 radical (unpaired) electrons. The molecule has 0 saturated carbocycles. The van der Waals surface area contributed by atoms with Crippen molar-refractivity contribution in [2.75, 3.05) is 6.61 Å². The molecule has 0 saturated heterocycles. The van der Waals surface area contributed by atoms with Crippen LogP contribution in [-0.4, -0.2) is 44.6 Å². The lowest BCUT2D eigenvalue weighted by molar-refractivity contribution is -0.137. The number of aliphatic carboxylic acids is 1. The number of carboxylic acids is 1. The van der Waals surface area contributed by atoms with E-state index < -0.39 is 35.9 Å². The molecule has 0 bridgehead atoms. The van der Waals surface area contributed by atoms with Crippen molar-refractivity contribution in [3.63, 3.8) is 0 Å². The minimum Gasteiger partial charge on any atom is -0.481 e. The molecule has 1 aromatic heterocycles. The monoisotopic (exact) mass is 553 g/mol. The van der Waals surface area contributed by atoms with Gasteiger partial charge >= 0.3 is 5.97 Å². The third kappa shape index (κ3) is 6.91. The molecule has 0 spiro atoms. The van der Waals surface area contributed by atoms with Gasteiger partial charge in [0.15, 0.2) is 5.69 Å². The Morgan fingerprint density at radius 1 is 1.08 bits per heavy atom. The number of hydrogen-bond donors (Lipinski definition) is 3. The number of nitrogens with zero attached hydrogens (tertiary/aromatic N) is 2. The molecule has 3 N–H and O–H groups in total. The average molecular weight is 555 g/mol. The first kappa shape index (κ1) is 27.8. The topological polar surface area (TPSA) is 114 Å². The smallest absolute Gasteiger partial charge is 0.305 e. The van der Waals surface area contributed by atoms with Crippen molar-refractivity contribution in [2.24, 2.45) is 5.41 Å². The van der Waals surface area contributed by atoms with E-state index in [0.717, 1.165) is 0 Å². The summed E-state index contributed by atoms with van der Waals surface area (Å²) < 4.78 is 7.19. The molecule has 192 valence electrons. The van der Waals surface area contributed by atoms with Crippen molar-refractivity contribution in [3.05, 3.63) is 74.9 Å². The third-order valence-corrected chi connectivity index (χ3v) is 6.28. The maximum atomic E-state index is 13.2. The number of aliphatic hydroxyl groups is 1. The first-order chi connectivity index (χ1) is 16.9. The van der Waals surface area contributed by atoms with Gasteiger partial charge in [0.25, 0.3) is 5.91 Å². The summed E-state index contributed by atoms with van der Waals surface area (Å²) >= 11 is 18.6. The van der Waals surface area contributed by atoms with Crippen LogP contribution in [0.5, 0.6) is 5.88 Å². The maximum absolute atomic E-state index is 13.2. The number of carbonyl (C=O) groups excluding carboxylic acids is 1. The zero-order valence-electron chi connectivity index (χ0n) is 19.8. The normalized spacial score (nSPS) is 13.2. The molecule has 1 heterocycles. The van der Waals surface area contributed by atoms with Gasteiger partial charge in [-0.05, 0) is 35.2 Å². The first-order valence-electron chi connectivity index (χ1n) is 11.0. The van der Waals surface area contributed by atoms with Gasteiger partial charge in [-0.1, -0.05) is 73.8 Å². The number of rotatable bonds is 9. The second kappa shape index (κ2) is 11.5. The van der Waals surface area contributed by atoms with Crippen LogP contribution in [0, 0.1) is 5.41 Å². The molecule has 0 fully saturated rings. The highest BCUT2D eigenvalue weighted by molar-refractivity contribution is 6.35. The summed E-state index contributed by atoms with van der Waals surface area (Å²) in [5.41, 5.74) is 0.376. The van der Waals surface area contributed by atoms with Gasteiger partial charge in [0.1, 0.15) is 6.61 Å². The summed E-state index contributed by atoms with van der Waals surface area (Å²) in [5, 5.41) is 27.8. The van der Waals surface area contributed by atoms with Gasteiger partial charge in [0.05, 0.1) is 29.3 Å². The Morgan fingerprint density at radius 2 is 1.78 bits per heavy atom. The highest BCUT2D eigenvalue weighted by Gasteiger charge is 2.26. The van der Waals surface area contributed by atoms with Crippen molar-refractivity contribution in [3.8, 4) is 11.6 Å². The molecule has 2 atom stereocenters. The van der Waals surface area contributed by atoms with Gasteiger partial charge in [0.2, 0.25) is 5.88 Å². The summed E-state index contributed by atoms with van der Waals surface area (Å²) in [6, 6.07) is 11.9. The van der Waals surface area contributed by atoms with E-state index in [0.29, 0.717) is 21.3 Å². The van der Waals surface area contributed by atoms with E-state index in [1.165, 1.54) is 16.8 Å². The number of nitrogens with one attached hydrogen (secondary N) is 1. The lowest BCUT2D eigenvalue weighted by atomic mass is 9.90. The van der Waals surface area contributed by atoms with Gasteiger partial charge in [-0.25, -0.2) is 0 Å². The molecule has 11 heteroatoms. The molecule has 2 aromatic carbocycles. The molecule has 3 aromatic rings. The van der Waals surface area contributed by atoms with Crippen LogP contribution >= 0.6 is 34.8 Å². The van der Waals surface area contributed by atoms with Crippen molar-refractivity contribution in [1.29, 1.82) is 0 Å². The number of para-hydroxylation sites is 1. The highest BCUT2D eigenvalue weighted by Crippen LogP contribution is 2.30. The van der Waals surface area contributed by atoms with E-state index in [1.54, 1.807) is 36.4 Å². The summed E-state index contributed by atoms with van der Waals surface area (Å²) in [5.74, 6) is -1.61. The Bertz CT molecular complexity index is 1260. The van der Waals surface area contributed by atoms with Crippen LogP contribution in [0.2, 0.25) is 15.1 Å². The van der Waals surface area contributed by atoms with Gasteiger partial charge in [0, 0.05) is 16.1 Å². The Morgan fingerprint density at radius 3 is 2.39 bits per heavy atom. The zero-order chi connectivity index (χ0) is 26.6. The number of aliphatic hydroxyl groups excluding tert-OH is 1. The zero-order valence-corrected chi connectivity index (χ0v) is 22.1. The lowest BCUT2D eigenvalue weighted by Crippen LogP contribution is -2.32. The summed E-state index contributed by atoms with van der Waals surface area (Å²) in [7, 11) is 0. The number of carboxylic acid groups (broad SMARTS) is 1. The summed E-state index contributed by atoms with van der Waals surface area (Å²) in [6.07, 6.45) is -1.21. The molecule has 0 aliphatic carbocycles. The number of hydrogen-bond acceptors (Lipinski definition) is 5. The predicted molar refractivity (Wildman–Crippen MR) is 138 cm³/mol. The summed E-state index contributed by atoms with van der Waals surface area (Å²) in [4.78, 5) is 24.7. The summed E-state index contributed by atoms with van der Waals surface area (Å²) in [6.45, 7) is 5.56. The first-order valence-corrected chi connectivity index (χ1v) is 12.1. The maximum Gasteiger partial charge on any atom is 0.305 e. The second-order valence-electron chi connectivity index (χ2n) is 9.21. The van der Waals surface area contributed by atoms with Crippen molar-refractivity contribution >= 4 is 46.7 Å². The fourth-order valence-corrected chi connectivity index (χ4v) is 3.97. The molecule has 0 aliphatic rings. The van der Waals surface area contributed by atoms with Crippen LogP contribution < -0.4 is 10.1 Å². The number of amides is 1. The van der Waals surface area contributed by atoms with E-state index >= 15 is 0 Å². The predicted octanol–water partition coefficient (Wildman–Crippen LogP) is 5.56. The second-order valence-corrected chi connectivity index (χ2v) is 10.5. The fraction of sp³-hybridized carbons (Fsp3) is 0.320. The quantitative estimate of drug-likeness (QED) is 0.319. The van der Waals surface area contributed by atoms with Crippen molar-refractivity contribution in [1.82, 2.24) is 15.1 Å². The van der Waals surface area contributed by atoms with E-state index in [-0.39, 0.29) is 23.2 Å². The number of benzene rings is 2. The van der Waals surface area contributed by atoms with E-state index in [4.69, 9.17) is 39.5 Å². The van der Waals surface area contributed by atoms with Crippen LogP contribution in [0.4, 0.5) is 0 Å². The van der Waals surface area contributed by atoms with Gasteiger partial charge in [-0.15, -0.1) is 0 Å².